The van der Waals surface area contributed by atoms with Gasteiger partial charge in [-0.3, -0.25) is 9.84 Å². The van der Waals surface area contributed by atoms with Crippen LogP contribution in [0.3, 0.4) is 0 Å². The van der Waals surface area contributed by atoms with Crippen molar-refractivity contribution < 1.29 is 47.4 Å². The third kappa shape index (κ3) is 13.7. The fourth-order valence-electron chi connectivity index (χ4n) is 3.45. The number of pyridine rings is 1. The van der Waals surface area contributed by atoms with Crippen molar-refractivity contribution >= 4 is 107 Å². The number of hydrogen-bond acceptors (Lipinski definition) is 8. The number of fused-ring (bicyclic) bond motifs is 1. The standard InChI is InChI=1S/C25H29ClFN4O9P.2Na.2H/c1-31(24(33)29-11-18-7-4-8-21(27)23(18)26)19(12-38-14-20(32)15-40-41(35,36)37)13-39-25(34)30-22-9-16-5-2-3-6-17(16)10-28-22;;;;/h2-10,19-20,32H,11-15H2,1H3,(H,29,33)(H,28,30,34)(H2,35,36,37);;;;. The Labute approximate surface area is 296 Å². The van der Waals surface area contributed by atoms with Crippen molar-refractivity contribution in [3.63, 3.8) is 0 Å². The molecule has 0 saturated heterocycles. The molecule has 13 nitrogen and oxygen atoms in total. The number of urea groups is 1. The average Bonchev–Trinajstić information content (AvgIpc) is 2.93. The molecule has 226 valence electrons. The Balaban J connectivity index is 0.00000462. The number of nitrogens with zero attached hydrogens (tertiary/aromatic N) is 2. The van der Waals surface area contributed by atoms with Gasteiger partial charge in [0.1, 0.15) is 24.3 Å². The van der Waals surface area contributed by atoms with Crippen LogP contribution in [0, 0.1) is 5.82 Å². The molecule has 0 saturated carbocycles. The van der Waals surface area contributed by atoms with Crippen molar-refractivity contribution in [3.8, 4) is 0 Å². The minimum absolute atomic E-state index is 0. The molecule has 0 fully saturated rings. The van der Waals surface area contributed by atoms with Gasteiger partial charge in [-0.2, -0.15) is 0 Å². The Kier molecular flexibility index (Phi) is 17.7. The van der Waals surface area contributed by atoms with Gasteiger partial charge in [0.25, 0.3) is 0 Å². The fraction of sp³-hybridized carbons (Fsp3) is 0.320. The number of aliphatic hydroxyl groups excluding tert-OH is 1. The zero-order valence-corrected chi connectivity index (χ0v) is 23.4. The Hall–Kier alpha value is -1.36. The van der Waals surface area contributed by atoms with E-state index >= 15 is 0 Å². The van der Waals surface area contributed by atoms with Gasteiger partial charge in [-0.1, -0.05) is 48.0 Å². The van der Waals surface area contributed by atoms with E-state index in [1.165, 1.54) is 24.1 Å². The molecule has 43 heavy (non-hydrogen) atoms. The van der Waals surface area contributed by atoms with Crippen LogP contribution in [-0.2, 0) is 25.1 Å². The number of anilines is 1. The van der Waals surface area contributed by atoms with E-state index in [1.54, 1.807) is 18.3 Å². The van der Waals surface area contributed by atoms with E-state index in [2.05, 4.69) is 20.1 Å². The van der Waals surface area contributed by atoms with Crippen LogP contribution in [0.4, 0.5) is 19.8 Å². The van der Waals surface area contributed by atoms with Crippen LogP contribution in [0.25, 0.3) is 10.8 Å². The SMILES string of the molecule is CN(C(=O)NCc1cccc(F)c1Cl)C(COCC(O)COP(=O)(O)O)COC(=O)Nc1cc2ccccc2cn1.[NaH].[NaH]. The van der Waals surface area contributed by atoms with Gasteiger partial charge < -0.3 is 34.6 Å². The molecule has 0 radical (unpaired) electrons. The van der Waals surface area contributed by atoms with Crippen LogP contribution in [0.2, 0.25) is 5.02 Å². The number of likely N-dealkylation sites (N-methyl/N-ethyl adjacent to an activating group) is 1. The quantitative estimate of drug-likeness (QED) is 0.134. The van der Waals surface area contributed by atoms with Gasteiger partial charge in [0.05, 0.1) is 30.9 Å². The minimum atomic E-state index is -4.78. The first kappa shape index (κ1) is 39.7. The number of rotatable bonds is 13. The van der Waals surface area contributed by atoms with Crippen molar-refractivity contribution in [2.75, 3.05) is 38.8 Å². The molecule has 2 atom stereocenters. The zero-order valence-electron chi connectivity index (χ0n) is 21.8. The number of aromatic nitrogens is 1. The van der Waals surface area contributed by atoms with Gasteiger partial charge >= 0.3 is 79.1 Å². The second-order valence-electron chi connectivity index (χ2n) is 8.75. The Morgan fingerprint density at radius 2 is 1.77 bits per heavy atom. The second kappa shape index (κ2) is 19.2. The topological polar surface area (TPSA) is 180 Å². The van der Waals surface area contributed by atoms with E-state index in [-0.39, 0.29) is 89.7 Å². The van der Waals surface area contributed by atoms with Crippen LogP contribution in [0.1, 0.15) is 5.56 Å². The molecular weight excluding hydrogens is 632 g/mol. The summed E-state index contributed by atoms with van der Waals surface area (Å²) in [5.74, 6) is -0.396. The predicted octanol–water partition coefficient (Wildman–Crippen LogP) is 1.98. The van der Waals surface area contributed by atoms with E-state index in [1.807, 2.05) is 24.3 Å². The van der Waals surface area contributed by atoms with Crippen LogP contribution < -0.4 is 10.6 Å². The summed E-state index contributed by atoms with van der Waals surface area (Å²) in [5, 5.41) is 16.5. The number of ether oxygens (including phenoxy) is 2. The molecule has 3 aromatic rings. The number of carbonyl (C=O) groups excluding carboxylic acids is 2. The Morgan fingerprint density at radius 1 is 1.07 bits per heavy atom. The Morgan fingerprint density at radius 3 is 2.47 bits per heavy atom. The molecule has 0 aliphatic rings. The van der Waals surface area contributed by atoms with Gasteiger partial charge in [0, 0.05) is 25.2 Å². The summed E-state index contributed by atoms with van der Waals surface area (Å²) in [6.07, 6.45) is -0.652. The number of halogens is 2. The summed E-state index contributed by atoms with van der Waals surface area (Å²) in [7, 11) is -3.38. The fourth-order valence-corrected chi connectivity index (χ4v) is 4.01. The third-order valence-corrected chi connectivity index (χ3v) is 6.56. The number of carbonyl (C=O) groups is 2. The van der Waals surface area contributed by atoms with Gasteiger partial charge in [-0.15, -0.1) is 0 Å². The predicted molar refractivity (Wildman–Crippen MR) is 161 cm³/mol. The summed E-state index contributed by atoms with van der Waals surface area (Å²) in [4.78, 5) is 48.1. The van der Waals surface area contributed by atoms with E-state index in [4.69, 9.17) is 30.9 Å². The van der Waals surface area contributed by atoms with Gasteiger partial charge in [0.2, 0.25) is 0 Å². The first-order valence-corrected chi connectivity index (χ1v) is 14.0. The maximum atomic E-state index is 13.7. The normalized spacial score (nSPS) is 12.3. The van der Waals surface area contributed by atoms with Crippen LogP contribution in [-0.4, -0.2) is 142 Å². The van der Waals surface area contributed by atoms with Crippen molar-refractivity contribution in [1.82, 2.24) is 15.2 Å². The van der Waals surface area contributed by atoms with Gasteiger partial charge in [-0.25, -0.2) is 23.5 Å². The van der Waals surface area contributed by atoms with Gasteiger partial charge in [-0.05, 0) is 23.1 Å². The van der Waals surface area contributed by atoms with Crippen LogP contribution in [0.5, 0.6) is 0 Å². The maximum absolute atomic E-state index is 13.7. The van der Waals surface area contributed by atoms with Crippen LogP contribution in [0.15, 0.2) is 54.7 Å². The molecule has 5 N–H and O–H groups in total. The molecule has 2 aromatic carbocycles. The summed E-state index contributed by atoms with van der Waals surface area (Å²) >= 11 is 5.94. The summed E-state index contributed by atoms with van der Waals surface area (Å²) in [5.41, 5.74) is 0.341. The molecule has 3 rings (SSSR count). The molecule has 1 heterocycles. The Bertz CT molecular complexity index is 1410. The van der Waals surface area contributed by atoms with E-state index in [9.17, 15) is 23.7 Å². The first-order chi connectivity index (χ1) is 19.4. The van der Waals surface area contributed by atoms with E-state index in [0.717, 1.165) is 10.8 Å². The number of benzene rings is 2. The molecule has 18 heteroatoms. The number of phosphoric ester groups is 1. The van der Waals surface area contributed by atoms with E-state index in [0.29, 0.717) is 5.56 Å². The van der Waals surface area contributed by atoms with Gasteiger partial charge in [0.15, 0.2) is 0 Å². The monoisotopic (exact) mass is 662 g/mol. The molecular formula is C25H31ClFN4Na2O9P. The number of nitrogens with one attached hydrogen (secondary N) is 2. The van der Waals surface area contributed by atoms with Crippen molar-refractivity contribution in [1.29, 1.82) is 0 Å². The summed E-state index contributed by atoms with van der Waals surface area (Å²) in [6.45, 7) is -1.80. The van der Waals surface area contributed by atoms with Crippen molar-refractivity contribution in [2.45, 2.75) is 18.7 Å². The number of hydrogen-bond donors (Lipinski definition) is 5. The number of phosphoric acid groups is 1. The molecule has 1 aromatic heterocycles. The second-order valence-corrected chi connectivity index (χ2v) is 10.4. The van der Waals surface area contributed by atoms with Crippen LogP contribution >= 0.6 is 19.4 Å². The third-order valence-electron chi connectivity index (χ3n) is 5.65. The van der Waals surface area contributed by atoms with Crippen molar-refractivity contribution in [2.24, 2.45) is 0 Å². The molecule has 0 aliphatic heterocycles. The number of aliphatic hydroxyl groups is 1. The molecule has 3 amide bonds. The average molecular weight is 663 g/mol. The van der Waals surface area contributed by atoms with E-state index < -0.39 is 51.1 Å². The molecule has 0 aliphatic carbocycles. The molecule has 2 unspecified atom stereocenters. The molecule has 0 bridgehead atoms. The first-order valence-electron chi connectivity index (χ1n) is 12.1. The summed E-state index contributed by atoms with van der Waals surface area (Å²) < 4.78 is 39.4. The number of amides is 3. The zero-order chi connectivity index (χ0) is 30.0. The van der Waals surface area contributed by atoms with Crippen molar-refractivity contribution in [3.05, 3.63) is 71.1 Å². The molecule has 0 spiro atoms. The summed E-state index contributed by atoms with van der Waals surface area (Å²) in [6, 6.07) is 11.7.